The van der Waals surface area contributed by atoms with Crippen LogP contribution in [0.2, 0.25) is 0 Å². The number of hydrogen-bond donors (Lipinski definition) is 1. The summed E-state index contributed by atoms with van der Waals surface area (Å²) in [5.41, 5.74) is 0. The van der Waals surface area contributed by atoms with E-state index in [1.54, 1.807) is 6.26 Å². The second-order valence-electron chi connectivity index (χ2n) is 5.52. The highest BCUT2D eigenvalue weighted by molar-refractivity contribution is 5.76. The lowest BCUT2D eigenvalue weighted by Crippen LogP contribution is -2.43. The summed E-state index contributed by atoms with van der Waals surface area (Å²) in [6.07, 6.45) is 6.51. The normalized spacial score (nSPS) is 28.0. The minimum Gasteiger partial charge on any atom is -0.469 e. The van der Waals surface area contributed by atoms with Gasteiger partial charge < -0.3 is 9.73 Å². The molecule has 0 spiro atoms. The lowest BCUT2D eigenvalue weighted by Gasteiger charge is -2.34. The Morgan fingerprint density at radius 1 is 1.44 bits per heavy atom. The van der Waals surface area contributed by atoms with E-state index in [9.17, 15) is 4.79 Å². The van der Waals surface area contributed by atoms with Gasteiger partial charge in [0.1, 0.15) is 5.76 Å². The first kappa shape index (κ1) is 13.2. The molecule has 1 N–H and O–H groups in total. The molecule has 1 aromatic rings. The first-order chi connectivity index (χ1) is 8.66. The number of amides is 1. The second-order valence-corrected chi connectivity index (χ2v) is 5.52. The fourth-order valence-electron chi connectivity index (χ4n) is 2.76. The number of carbonyl (C=O) groups is 1. The summed E-state index contributed by atoms with van der Waals surface area (Å²) in [6, 6.07) is 4.13. The van der Waals surface area contributed by atoms with E-state index >= 15 is 0 Å². The van der Waals surface area contributed by atoms with Gasteiger partial charge in [-0.25, -0.2) is 0 Å². The molecule has 3 heteroatoms. The summed E-state index contributed by atoms with van der Waals surface area (Å²) in [4.78, 5) is 11.9. The summed E-state index contributed by atoms with van der Waals surface area (Å²) >= 11 is 0. The van der Waals surface area contributed by atoms with Crippen molar-refractivity contribution in [3.05, 3.63) is 24.2 Å². The largest absolute Gasteiger partial charge is 0.469 e. The van der Waals surface area contributed by atoms with Crippen LogP contribution < -0.4 is 5.32 Å². The predicted octanol–water partition coefficient (Wildman–Crippen LogP) is 3.15. The molecule has 18 heavy (non-hydrogen) atoms. The zero-order valence-corrected chi connectivity index (χ0v) is 11.3. The number of nitrogens with one attached hydrogen (secondary N) is 1. The molecule has 0 saturated heterocycles. The van der Waals surface area contributed by atoms with Crippen LogP contribution in [0.1, 0.15) is 45.3 Å². The van der Waals surface area contributed by atoms with Crippen LogP contribution in [0.15, 0.2) is 22.8 Å². The van der Waals surface area contributed by atoms with Crippen molar-refractivity contribution < 1.29 is 9.21 Å². The fraction of sp³-hybridized carbons (Fsp3) is 0.667. The Labute approximate surface area is 109 Å². The molecule has 3 atom stereocenters. The molecule has 1 aliphatic carbocycles. The van der Waals surface area contributed by atoms with Crippen LogP contribution >= 0.6 is 0 Å². The molecule has 1 heterocycles. The maximum Gasteiger partial charge on any atom is 0.220 e. The molecular formula is C15H23NO2. The Morgan fingerprint density at radius 3 is 3.00 bits per heavy atom. The minimum absolute atomic E-state index is 0.150. The molecule has 1 amide bonds. The van der Waals surface area contributed by atoms with Crippen LogP contribution in [-0.2, 0) is 11.2 Å². The number of carbonyl (C=O) groups excluding carboxylic acids is 1. The first-order valence-electron chi connectivity index (χ1n) is 6.98. The van der Waals surface area contributed by atoms with Crippen molar-refractivity contribution in [1.82, 2.24) is 5.32 Å². The Kier molecular flexibility index (Phi) is 4.45. The highest BCUT2D eigenvalue weighted by atomic mass is 16.3. The van der Waals surface area contributed by atoms with Crippen LogP contribution in [0, 0.1) is 11.8 Å². The van der Waals surface area contributed by atoms with Crippen molar-refractivity contribution in [3.63, 3.8) is 0 Å². The molecule has 1 saturated carbocycles. The van der Waals surface area contributed by atoms with E-state index in [1.165, 1.54) is 12.8 Å². The van der Waals surface area contributed by atoms with Gasteiger partial charge in [-0.3, -0.25) is 4.79 Å². The van der Waals surface area contributed by atoms with Gasteiger partial charge in [-0.2, -0.15) is 0 Å². The van der Waals surface area contributed by atoms with E-state index in [2.05, 4.69) is 19.2 Å². The highest BCUT2D eigenvalue weighted by Crippen LogP contribution is 2.29. The number of furan rings is 1. The average Bonchev–Trinajstić information content (AvgIpc) is 2.86. The molecule has 2 rings (SSSR count). The topological polar surface area (TPSA) is 42.2 Å². The van der Waals surface area contributed by atoms with Crippen LogP contribution in [0.5, 0.6) is 0 Å². The van der Waals surface area contributed by atoms with Crippen LogP contribution in [0.3, 0.4) is 0 Å². The van der Waals surface area contributed by atoms with Crippen molar-refractivity contribution in [1.29, 1.82) is 0 Å². The number of hydrogen-bond acceptors (Lipinski definition) is 2. The van der Waals surface area contributed by atoms with E-state index in [4.69, 9.17) is 4.42 Å². The minimum atomic E-state index is 0.150. The Balaban J connectivity index is 1.76. The molecule has 3 nitrogen and oxygen atoms in total. The third-order valence-corrected chi connectivity index (χ3v) is 4.23. The van der Waals surface area contributed by atoms with Crippen molar-refractivity contribution >= 4 is 5.91 Å². The molecular weight excluding hydrogens is 226 g/mol. The smallest absolute Gasteiger partial charge is 0.220 e. The molecule has 100 valence electrons. The molecule has 0 aromatic carbocycles. The maximum absolute atomic E-state index is 11.9. The SMILES string of the molecule is C[C@H]1[C@H](C)CCC[C@@H]1NC(=O)CCc1ccco1. The summed E-state index contributed by atoms with van der Waals surface area (Å²) in [5, 5.41) is 3.18. The quantitative estimate of drug-likeness (QED) is 0.890. The van der Waals surface area contributed by atoms with Gasteiger partial charge >= 0.3 is 0 Å². The van der Waals surface area contributed by atoms with E-state index in [0.29, 0.717) is 30.7 Å². The molecule has 0 bridgehead atoms. The first-order valence-corrected chi connectivity index (χ1v) is 6.98. The Hall–Kier alpha value is -1.25. The lowest BCUT2D eigenvalue weighted by molar-refractivity contribution is -0.122. The molecule has 1 fully saturated rings. The monoisotopic (exact) mass is 249 g/mol. The third-order valence-electron chi connectivity index (χ3n) is 4.23. The van der Waals surface area contributed by atoms with E-state index in [1.807, 2.05) is 12.1 Å². The number of aryl methyl sites for hydroxylation is 1. The lowest BCUT2D eigenvalue weighted by atomic mass is 9.78. The van der Waals surface area contributed by atoms with Gasteiger partial charge in [0.15, 0.2) is 0 Å². The Morgan fingerprint density at radius 2 is 2.28 bits per heavy atom. The third kappa shape index (κ3) is 3.37. The fourth-order valence-corrected chi connectivity index (χ4v) is 2.76. The van der Waals surface area contributed by atoms with E-state index in [-0.39, 0.29) is 5.91 Å². The van der Waals surface area contributed by atoms with Gasteiger partial charge in [-0.05, 0) is 30.4 Å². The summed E-state index contributed by atoms with van der Waals surface area (Å²) in [7, 11) is 0. The molecule has 0 radical (unpaired) electrons. The van der Waals surface area contributed by atoms with Crippen molar-refractivity contribution in [2.75, 3.05) is 0 Å². The van der Waals surface area contributed by atoms with Crippen molar-refractivity contribution in [2.45, 2.75) is 52.0 Å². The van der Waals surface area contributed by atoms with Crippen molar-refractivity contribution in [3.8, 4) is 0 Å². The van der Waals surface area contributed by atoms with Crippen LogP contribution in [-0.4, -0.2) is 11.9 Å². The van der Waals surface area contributed by atoms with E-state index < -0.39 is 0 Å². The van der Waals surface area contributed by atoms with Gasteiger partial charge in [0.25, 0.3) is 0 Å². The summed E-state index contributed by atoms with van der Waals surface area (Å²) in [5.74, 6) is 2.34. The molecule has 0 aliphatic heterocycles. The van der Waals surface area contributed by atoms with E-state index in [0.717, 1.165) is 12.2 Å². The number of rotatable bonds is 4. The summed E-state index contributed by atoms with van der Waals surface area (Å²) < 4.78 is 5.23. The van der Waals surface area contributed by atoms with Crippen LogP contribution in [0.4, 0.5) is 0 Å². The molecule has 0 unspecified atom stereocenters. The molecule has 1 aromatic heterocycles. The van der Waals surface area contributed by atoms with Gasteiger partial charge in [-0.1, -0.05) is 26.7 Å². The zero-order valence-electron chi connectivity index (χ0n) is 11.3. The van der Waals surface area contributed by atoms with Crippen molar-refractivity contribution in [2.24, 2.45) is 11.8 Å². The van der Waals surface area contributed by atoms with Crippen LogP contribution in [0.25, 0.3) is 0 Å². The van der Waals surface area contributed by atoms with Gasteiger partial charge in [0, 0.05) is 18.9 Å². The second kappa shape index (κ2) is 6.07. The van der Waals surface area contributed by atoms with Gasteiger partial charge in [-0.15, -0.1) is 0 Å². The highest BCUT2D eigenvalue weighted by Gasteiger charge is 2.27. The maximum atomic E-state index is 11.9. The average molecular weight is 249 g/mol. The predicted molar refractivity (Wildman–Crippen MR) is 71.1 cm³/mol. The standard InChI is InChI=1S/C15H23NO2/c1-11-5-3-7-14(12(11)2)16-15(17)9-8-13-6-4-10-18-13/h4,6,10-12,14H,3,5,7-9H2,1-2H3,(H,16,17)/t11-,12+,14+/m1/s1. The molecule has 1 aliphatic rings. The Bertz CT molecular complexity index is 372. The van der Waals surface area contributed by atoms with Gasteiger partial charge in [0.2, 0.25) is 5.91 Å². The van der Waals surface area contributed by atoms with Gasteiger partial charge in [0.05, 0.1) is 6.26 Å². The zero-order chi connectivity index (χ0) is 13.0. The summed E-state index contributed by atoms with van der Waals surface area (Å²) in [6.45, 7) is 4.53.